The van der Waals surface area contributed by atoms with Crippen molar-refractivity contribution in [3.05, 3.63) is 93.0 Å². The third-order valence-electron chi connectivity index (χ3n) is 11.8. The van der Waals surface area contributed by atoms with Gasteiger partial charge < -0.3 is 57.6 Å². The van der Waals surface area contributed by atoms with Crippen molar-refractivity contribution in [3.63, 3.8) is 0 Å². The molecule has 0 fully saturated rings. The molecular weight excluding hydrogens is 700 g/mol. The van der Waals surface area contributed by atoms with Crippen LogP contribution in [0, 0.1) is 0 Å². The predicted octanol–water partition coefficient (Wildman–Crippen LogP) is 4.87. The minimum Gasteiger partial charge on any atom is -0.454 e. The van der Waals surface area contributed by atoms with Gasteiger partial charge in [0.05, 0.1) is 23.2 Å². The Morgan fingerprint density at radius 1 is 0.481 bits per heavy atom. The van der Waals surface area contributed by atoms with Crippen molar-refractivity contribution < 1.29 is 57.6 Å². The molecule has 0 amide bonds. The topological polar surface area (TPSA) is 139 Å². The highest BCUT2D eigenvalue weighted by atomic mass is 16.7. The molecule has 0 saturated heterocycles. The molecule has 54 heavy (non-hydrogen) atoms. The first kappa shape index (κ1) is 32.5. The highest BCUT2D eigenvalue weighted by Gasteiger charge is 2.46. The monoisotopic (exact) mass is 738 g/mol. The molecule has 8 heterocycles. The Labute approximate surface area is 310 Å². The highest BCUT2D eigenvalue weighted by molar-refractivity contribution is 5.58. The number of benzene rings is 4. The zero-order valence-corrected chi connectivity index (χ0v) is 29.6. The van der Waals surface area contributed by atoms with Crippen LogP contribution in [0.15, 0.2) is 48.5 Å². The second kappa shape index (κ2) is 12.3. The van der Waals surface area contributed by atoms with E-state index in [9.17, 15) is 10.2 Å². The number of ether oxygens (including phenoxy) is 10. The lowest BCUT2D eigenvalue weighted by atomic mass is 9.86. The van der Waals surface area contributed by atoms with E-state index >= 15 is 0 Å². The van der Waals surface area contributed by atoms with E-state index in [2.05, 4.69) is 48.2 Å². The standard InChI is InChI=1S/2C20H19NO6/c2*1-21-5-4-10-6-14-15(25-8-24-14)7-12(10)17(21)18-11-2-3-13-19(26-9-23-13)16(11)20(22)27-18/h2*2-3,6-7,17-18,20,22H,4-5,8-9H2,1H3/t2*17-,18+,20-/m11/s1. The third kappa shape index (κ3) is 4.87. The van der Waals surface area contributed by atoms with Crippen LogP contribution in [0.5, 0.6) is 46.0 Å². The summed E-state index contributed by atoms with van der Waals surface area (Å²) < 4.78 is 56.4. The lowest BCUT2D eigenvalue weighted by Gasteiger charge is -2.38. The van der Waals surface area contributed by atoms with E-state index in [1.165, 1.54) is 11.1 Å². The first-order valence-electron chi connectivity index (χ1n) is 18.2. The Morgan fingerprint density at radius 3 is 1.31 bits per heavy atom. The summed E-state index contributed by atoms with van der Waals surface area (Å²) >= 11 is 0. The summed E-state index contributed by atoms with van der Waals surface area (Å²) in [4.78, 5) is 4.53. The van der Waals surface area contributed by atoms with Gasteiger partial charge in [0.25, 0.3) is 0 Å². The summed E-state index contributed by atoms with van der Waals surface area (Å²) in [5, 5.41) is 21.2. The molecule has 0 aliphatic carbocycles. The SMILES string of the molecule is CN1CCc2cc3c(cc2[C@@H]1[C@H]1O[C@@H](O)c2c1ccc1c2OCO1)OCO3.CN1CCc2cc3c(cc2[C@@H]1[C@H]1O[C@@H](O)c2c1ccc1c2OCO1)OCO3. The molecule has 14 nitrogen and oxygen atoms in total. The summed E-state index contributed by atoms with van der Waals surface area (Å²) in [6, 6.07) is 15.9. The molecule has 0 bridgehead atoms. The molecule has 280 valence electrons. The summed E-state index contributed by atoms with van der Waals surface area (Å²) in [5.41, 5.74) is 7.99. The van der Waals surface area contributed by atoms with E-state index < -0.39 is 12.6 Å². The molecule has 2 N–H and O–H groups in total. The molecular formula is C40H38N2O12. The fourth-order valence-corrected chi connectivity index (χ4v) is 9.19. The minimum absolute atomic E-state index is 0.0421. The van der Waals surface area contributed by atoms with Crippen LogP contribution in [0.25, 0.3) is 0 Å². The fourth-order valence-electron chi connectivity index (χ4n) is 9.19. The highest BCUT2D eigenvalue weighted by Crippen LogP contribution is 2.56. The molecule has 8 aliphatic rings. The van der Waals surface area contributed by atoms with Crippen LogP contribution < -0.4 is 37.9 Å². The fraction of sp³-hybridized carbons (Fsp3) is 0.400. The molecule has 8 aliphatic heterocycles. The molecule has 0 unspecified atom stereocenters. The number of nitrogens with zero attached hydrogens (tertiary/aromatic N) is 2. The van der Waals surface area contributed by atoms with Crippen LogP contribution in [0.2, 0.25) is 0 Å². The van der Waals surface area contributed by atoms with Gasteiger partial charge in [-0.15, -0.1) is 0 Å². The lowest BCUT2D eigenvalue weighted by molar-refractivity contribution is -0.142. The molecule has 6 atom stereocenters. The molecule has 0 radical (unpaired) electrons. The van der Waals surface area contributed by atoms with Gasteiger partial charge in [-0.2, -0.15) is 0 Å². The largest absolute Gasteiger partial charge is 0.454 e. The van der Waals surface area contributed by atoms with Gasteiger partial charge >= 0.3 is 0 Å². The smallest absolute Gasteiger partial charge is 0.231 e. The zero-order chi connectivity index (χ0) is 36.2. The summed E-state index contributed by atoms with van der Waals surface area (Å²) in [6.45, 7) is 2.63. The van der Waals surface area contributed by atoms with Gasteiger partial charge in [-0.25, -0.2) is 0 Å². The number of hydrogen-bond donors (Lipinski definition) is 2. The average molecular weight is 739 g/mol. The van der Waals surface area contributed by atoms with Crippen molar-refractivity contribution in [2.75, 3.05) is 54.4 Å². The van der Waals surface area contributed by atoms with Gasteiger partial charge in [0.1, 0.15) is 12.2 Å². The van der Waals surface area contributed by atoms with Crippen LogP contribution in [-0.2, 0) is 22.3 Å². The third-order valence-corrected chi connectivity index (χ3v) is 11.8. The maximum atomic E-state index is 10.6. The van der Waals surface area contributed by atoms with Crippen molar-refractivity contribution in [1.82, 2.24) is 9.80 Å². The van der Waals surface area contributed by atoms with Crippen molar-refractivity contribution >= 4 is 0 Å². The van der Waals surface area contributed by atoms with Crippen molar-refractivity contribution in [3.8, 4) is 46.0 Å². The van der Waals surface area contributed by atoms with Gasteiger partial charge in [0, 0.05) is 13.1 Å². The van der Waals surface area contributed by atoms with Crippen LogP contribution in [0.3, 0.4) is 0 Å². The number of aliphatic hydroxyl groups excluding tert-OH is 2. The van der Waals surface area contributed by atoms with E-state index in [1.54, 1.807) is 0 Å². The second-order valence-electron chi connectivity index (χ2n) is 14.6. The van der Waals surface area contributed by atoms with Crippen LogP contribution in [0.1, 0.15) is 81.4 Å². The van der Waals surface area contributed by atoms with Gasteiger partial charge in [0.15, 0.2) is 58.6 Å². The molecule has 4 aromatic carbocycles. The van der Waals surface area contributed by atoms with Gasteiger partial charge in [-0.05, 0) is 96.7 Å². The average Bonchev–Trinajstić information content (AvgIpc) is 4.03. The molecule has 14 heteroatoms. The van der Waals surface area contributed by atoms with Crippen molar-refractivity contribution in [2.45, 2.75) is 49.7 Å². The number of fused-ring (bicyclic) bond motifs is 10. The number of rotatable bonds is 2. The maximum Gasteiger partial charge on any atom is 0.231 e. The molecule has 4 aromatic rings. The van der Waals surface area contributed by atoms with E-state index in [-0.39, 0.29) is 51.5 Å². The number of hydrogen-bond acceptors (Lipinski definition) is 14. The van der Waals surface area contributed by atoms with Crippen LogP contribution in [-0.4, -0.2) is 74.4 Å². The normalized spacial score (nSPS) is 27.6. The van der Waals surface area contributed by atoms with E-state index in [0.717, 1.165) is 71.2 Å². The second-order valence-corrected chi connectivity index (χ2v) is 14.6. The Morgan fingerprint density at radius 2 is 0.870 bits per heavy atom. The lowest BCUT2D eigenvalue weighted by Crippen LogP contribution is -2.35. The van der Waals surface area contributed by atoms with Crippen molar-refractivity contribution in [1.29, 1.82) is 0 Å². The Bertz CT molecular complexity index is 2040. The van der Waals surface area contributed by atoms with Gasteiger partial charge in [0.2, 0.25) is 27.2 Å². The Balaban J connectivity index is 0.000000126. The quantitative estimate of drug-likeness (QED) is 0.289. The summed E-state index contributed by atoms with van der Waals surface area (Å²) in [6.07, 6.45) is -0.823. The predicted molar refractivity (Wildman–Crippen MR) is 186 cm³/mol. The summed E-state index contributed by atoms with van der Waals surface area (Å²) in [5.74, 6) is 5.60. The number of likely N-dealkylation sites (N-methyl/N-ethyl adjacent to an activating group) is 2. The first-order valence-corrected chi connectivity index (χ1v) is 18.2. The van der Waals surface area contributed by atoms with E-state index in [4.69, 9.17) is 47.4 Å². The number of aliphatic hydroxyl groups is 2. The van der Waals surface area contributed by atoms with Gasteiger partial charge in [-0.1, -0.05) is 12.1 Å². The van der Waals surface area contributed by atoms with Crippen molar-refractivity contribution in [2.24, 2.45) is 0 Å². The summed E-state index contributed by atoms with van der Waals surface area (Å²) in [7, 11) is 4.16. The Hall–Kier alpha value is -4.96. The molecule has 12 rings (SSSR count). The zero-order valence-electron chi connectivity index (χ0n) is 29.6. The minimum atomic E-state index is -1.03. The molecule has 0 saturated carbocycles. The molecule has 0 spiro atoms. The van der Waals surface area contributed by atoms with Crippen LogP contribution in [0.4, 0.5) is 0 Å². The maximum absolute atomic E-state index is 10.6. The first-order chi connectivity index (χ1) is 26.4. The van der Waals surface area contributed by atoms with Crippen LogP contribution >= 0.6 is 0 Å². The van der Waals surface area contributed by atoms with Gasteiger partial charge in [-0.3, -0.25) is 9.80 Å². The van der Waals surface area contributed by atoms with E-state index in [1.807, 2.05) is 24.3 Å². The van der Waals surface area contributed by atoms with E-state index in [0.29, 0.717) is 34.1 Å². The molecule has 0 aromatic heterocycles. The Kier molecular flexibility index (Phi) is 7.38.